The summed E-state index contributed by atoms with van der Waals surface area (Å²) in [6.45, 7) is 7.24. The predicted molar refractivity (Wildman–Crippen MR) is 104 cm³/mol. The minimum absolute atomic E-state index is 0.288. The van der Waals surface area contributed by atoms with Gasteiger partial charge in [0.05, 0.1) is 12.8 Å². The van der Waals surface area contributed by atoms with Crippen molar-refractivity contribution in [3.63, 3.8) is 0 Å². The van der Waals surface area contributed by atoms with E-state index < -0.39 is 5.91 Å². The minimum Gasteiger partial charge on any atom is -0.495 e. The van der Waals surface area contributed by atoms with Crippen LogP contribution in [-0.4, -0.2) is 31.5 Å². The monoisotopic (exact) mass is 355 g/mol. The van der Waals surface area contributed by atoms with Crippen LogP contribution in [0, 0.1) is 0 Å². The van der Waals surface area contributed by atoms with Gasteiger partial charge in [-0.2, -0.15) is 0 Å². The molecule has 0 atom stereocenters. The Labute approximate surface area is 153 Å². The molecule has 26 heavy (non-hydrogen) atoms. The highest BCUT2D eigenvalue weighted by Gasteiger charge is 2.14. The third-order valence-corrected chi connectivity index (χ3v) is 4.16. The molecule has 0 heterocycles. The second-order valence-electron chi connectivity index (χ2n) is 6.16. The molecule has 0 spiro atoms. The van der Waals surface area contributed by atoms with Crippen molar-refractivity contribution in [2.45, 2.75) is 26.8 Å². The van der Waals surface area contributed by atoms with E-state index in [-0.39, 0.29) is 5.91 Å². The first-order chi connectivity index (χ1) is 12.4. The van der Waals surface area contributed by atoms with Gasteiger partial charge in [-0.25, -0.2) is 0 Å². The predicted octanol–water partition coefficient (Wildman–Crippen LogP) is 3.28. The molecule has 0 saturated heterocycles. The molecular weight excluding hydrogens is 330 g/mol. The molecule has 2 amide bonds. The number of carbonyl (C=O) groups is 2. The molecule has 6 heteroatoms. The number of anilines is 2. The Balaban J connectivity index is 2.22. The van der Waals surface area contributed by atoms with Gasteiger partial charge in [0.2, 0.25) is 5.91 Å². The first kappa shape index (κ1) is 19.3. The summed E-state index contributed by atoms with van der Waals surface area (Å²) in [4.78, 5) is 26.1. The largest absolute Gasteiger partial charge is 0.495 e. The van der Waals surface area contributed by atoms with Crippen LogP contribution in [0.2, 0.25) is 0 Å². The fourth-order valence-corrected chi connectivity index (χ4v) is 2.80. The van der Waals surface area contributed by atoms with E-state index in [0.29, 0.717) is 28.6 Å². The third kappa shape index (κ3) is 4.33. The number of amides is 2. The molecule has 2 rings (SSSR count). The van der Waals surface area contributed by atoms with Crippen LogP contribution >= 0.6 is 0 Å². The molecule has 0 fully saturated rings. The van der Waals surface area contributed by atoms with Gasteiger partial charge in [-0.3, -0.25) is 9.59 Å². The van der Waals surface area contributed by atoms with Crippen molar-refractivity contribution in [3.05, 3.63) is 53.6 Å². The standard InChI is InChI=1S/C20H25N3O3/c1-5-23(13(2)3)16-9-6-14(7-10-16)20(25)22-17-12-15(19(21)24)8-11-18(17)26-4/h6-13H,5H2,1-4H3,(H2,21,24)(H,22,25). The average molecular weight is 355 g/mol. The summed E-state index contributed by atoms with van der Waals surface area (Å²) in [6.07, 6.45) is 0. The molecule has 3 N–H and O–H groups in total. The number of ether oxygens (including phenoxy) is 1. The van der Waals surface area contributed by atoms with Crippen molar-refractivity contribution in [3.8, 4) is 5.75 Å². The smallest absolute Gasteiger partial charge is 0.255 e. The summed E-state index contributed by atoms with van der Waals surface area (Å²) in [6, 6.07) is 12.4. The van der Waals surface area contributed by atoms with Crippen LogP contribution in [0.3, 0.4) is 0 Å². The summed E-state index contributed by atoms with van der Waals surface area (Å²) in [5.41, 5.74) is 7.57. The molecule has 0 bridgehead atoms. The zero-order valence-electron chi connectivity index (χ0n) is 15.6. The second-order valence-corrected chi connectivity index (χ2v) is 6.16. The Morgan fingerprint density at radius 2 is 1.73 bits per heavy atom. The van der Waals surface area contributed by atoms with Crippen molar-refractivity contribution in [1.29, 1.82) is 0 Å². The quantitative estimate of drug-likeness (QED) is 0.798. The summed E-state index contributed by atoms with van der Waals surface area (Å²) in [7, 11) is 1.50. The van der Waals surface area contributed by atoms with E-state index in [9.17, 15) is 9.59 Å². The fraction of sp³-hybridized carbons (Fsp3) is 0.300. The molecule has 0 unspecified atom stereocenters. The van der Waals surface area contributed by atoms with E-state index in [2.05, 4.69) is 31.0 Å². The number of hydrogen-bond donors (Lipinski definition) is 2. The molecule has 0 aliphatic heterocycles. The summed E-state index contributed by atoms with van der Waals surface area (Å²) < 4.78 is 5.23. The summed E-state index contributed by atoms with van der Waals surface area (Å²) in [5.74, 6) is -0.401. The van der Waals surface area contributed by atoms with Gasteiger partial charge in [0.1, 0.15) is 5.75 Å². The highest BCUT2D eigenvalue weighted by Crippen LogP contribution is 2.26. The van der Waals surface area contributed by atoms with Gasteiger partial charge in [0, 0.05) is 29.4 Å². The zero-order chi connectivity index (χ0) is 19.3. The maximum absolute atomic E-state index is 12.6. The number of rotatable bonds is 7. The lowest BCUT2D eigenvalue weighted by atomic mass is 10.1. The molecule has 2 aromatic carbocycles. The Hall–Kier alpha value is -3.02. The molecule has 0 aliphatic rings. The number of primary amides is 1. The molecule has 2 aromatic rings. The summed E-state index contributed by atoms with van der Waals surface area (Å²) in [5, 5.41) is 2.77. The lowest BCUT2D eigenvalue weighted by Crippen LogP contribution is -2.30. The van der Waals surface area contributed by atoms with Crippen LogP contribution in [0.5, 0.6) is 5.75 Å². The fourth-order valence-electron chi connectivity index (χ4n) is 2.80. The van der Waals surface area contributed by atoms with Crippen LogP contribution in [0.1, 0.15) is 41.5 Å². The Morgan fingerprint density at radius 3 is 2.23 bits per heavy atom. The molecule has 0 aromatic heterocycles. The van der Waals surface area contributed by atoms with Crippen molar-refractivity contribution >= 4 is 23.2 Å². The third-order valence-electron chi connectivity index (χ3n) is 4.16. The summed E-state index contributed by atoms with van der Waals surface area (Å²) >= 11 is 0. The SMILES string of the molecule is CCN(c1ccc(C(=O)Nc2cc(C(N)=O)ccc2OC)cc1)C(C)C. The van der Waals surface area contributed by atoms with E-state index in [1.54, 1.807) is 24.3 Å². The second kappa shape index (κ2) is 8.38. The van der Waals surface area contributed by atoms with E-state index in [4.69, 9.17) is 10.5 Å². The topological polar surface area (TPSA) is 84.7 Å². The minimum atomic E-state index is -0.569. The van der Waals surface area contributed by atoms with E-state index >= 15 is 0 Å². The molecule has 6 nitrogen and oxygen atoms in total. The molecule has 0 aliphatic carbocycles. The molecule has 0 saturated carbocycles. The van der Waals surface area contributed by atoms with E-state index in [0.717, 1.165) is 12.2 Å². The number of nitrogens with two attached hydrogens (primary N) is 1. The van der Waals surface area contributed by atoms with Gasteiger partial charge in [0.15, 0.2) is 0 Å². The molecular formula is C20H25N3O3. The van der Waals surface area contributed by atoms with Gasteiger partial charge in [-0.1, -0.05) is 0 Å². The van der Waals surface area contributed by atoms with Crippen LogP contribution in [0.15, 0.2) is 42.5 Å². The van der Waals surface area contributed by atoms with Gasteiger partial charge < -0.3 is 20.7 Å². The Bertz CT molecular complexity index is 785. The Morgan fingerprint density at radius 1 is 1.12 bits per heavy atom. The number of carbonyl (C=O) groups excluding carboxylic acids is 2. The van der Waals surface area contributed by atoms with Crippen molar-refractivity contribution in [2.75, 3.05) is 23.9 Å². The number of nitrogens with one attached hydrogen (secondary N) is 1. The van der Waals surface area contributed by atoms with Crippen LogP contribution < -0.4 is 20.7 Å². The molecule has 0 radical (unpaired) electrons. The first-order valence-corrected chi connectivity index (χ1v) is 8.53. The maximum Gasteiger partial charge on any atom is 0.255 e. The maximum atomic E-state index is 12.6. The number of benzene rings is 2. The van der Waals surface area contributed by atoms with Crippen molar-refractivity contribution in [1.82, 2.24) is 0 Å². The number of hydrogen-bond acceptors (Lipinski definition) is 4. The average Bonchev–Trinajstić information content (AvgIpc) is 2.62. The van der Waals surface area contributed by atoms with Crippen molar-refractivity contribution in [2.24, 2.45) is 5.73 Å². The number of nitrogens with zero attached hydrogens (tertiary/aromatic N) is 1. The van der Waals surface area contributed by atoms with Gasteiger partial charge in [-0.15, -0.1) is 0 Å². The Kier molecular flexibility index (Phi) is 6.22. The van der Waals surface area contributed by atoms with E-state index in [1.807, 2.05) is 12.1 Å². The van der Waals surface area contributed by atoms with Gasteiger partial charge in [-0.05, 0) is 63.2 Å². The van der Waals surface area contributed by atoms with Crippen LogP contribution in [-0.2, 0) is 0 Å². The van der Waals surface area contributed by atoms with E-state index in [1.165, 1.54) is 13.2 Å². The number of methoxy groups -OCH3 is 1. The lowest BCUT2D eigenvalue weighted by molar-refractivity contribution is 0.0996. The van der Waals surface area contributed by atoms with Crippen molar-refractivity contribution < 1.29 is 14.3 Å². The van der Waals surface area contributed by atoms with Gasteiger partial charge >= 0.3 is 0 Å². The normalized spacial score (nSPS) is 10.5. The highest BCUT2D eigenvalue weighted by molar-refractivity contribution is 6.06. The highest BCUT2D eigenvalue weighted by atomic mass is 16.5. The van der Waals surface area contributed by atoms with Gasteiger partial charge in [0.25, 0.3) is 5.91 Å². The molecule has 138 valence electrons. The van der Waals surface area contributed by atoms with Crippen LogP contribution in [0.25, 0.3) is 0 Å². The lowest BCUT2D eigenvalue weighted by Gasteiger charge is -2.27. The van der Waals surface area contributed by atoms with Crippen LogP contribution in [0.4, 0.5) is 11.4 Å². The zero-order valence-corrected chi connectivity index (χ0v) is 15.6. The first-order valence-electron chi connectivity index (χ1n) is 8.53.